The van der Waals surface area contributed by atoms with E-state index in [1.807, 2.05) is 12.1 Å². The number of rotatable bonds is 5. The third-order valence-electron chi connectivity index (χ3n) is 3.31. The Morgan fingerprint density at radius 2 is 1.86 bits per heavy atom. The van der Waals surface area contributed by atoms with E-state index >= 15 is 0 Å². The summed E-state index contributed by atoms with van der Waals surface area (Å²) in [6.45, 7) is 3.79. The zero-order chi connectivity index (χ0) is 15.4. The van der Waals surface area contributed by atoms with Gasteiger partial charge in [0, 0.05) is 5.56 Å². The molecule has 0 heterocycles. The minimum absolute atomic E-state index is 0.284. The predicted molar refractivity (Wildman–Crippen MR) is 79.1 cm³/mol. The van der Waals surface area contributed by atoms with Gasteiger partial charge in [0.15, 0.2) is 0 Å². The Kier molecular flexibility index (Phi) is 4.81. The summed E-state index contributed by atoms with van der Waals surface area (Å²) in [5, 5.41) is 9.65. The lowest BCUT2D eigenvalue weighted by Crippen LogP contribution is -2.02. The first-order chi connectivity index (χ1) is 10.0. The van der Waals surface area contributed by atoms with Crippen molar-refractivity contribution in [2.24, 2.45) is 0 Å². The number of aliphatic hydroxyl groups is 1. The van der Waals surface area contributed by atoms with E-state index in [1.54, 1.807) is 33.1 Å². The van der Waals surface area contributed by atoms with Crippen LogP contribution in [0.5, 0.6) is 11.5 Å². The van der Waals surface area contributed by atoms with E-state index in [2.05, 4.69) is 0 Å². The van der Waals surface area contributed by atoms with Crippen LogP contribution in [0.15, 0.2) is 36.4 Å². The summed E-state index contributed by atoms with van der Waals surface area (Å²) in [4.78, 5) is 0. The van der Waals surface area contributed by atoms with E-state index in [-0.39, 0.29) is 12.4 Å². The van der Waals surface area contributed by atoms with Crippen LogP contribution < -0.4 is 9.47 Å². The van der Waals surface area contributed by atoms with Gasteiger partial charge in [0.05, 0.1) is 13.2 Å². The molecule has 0 aliphatic heterocycles. The highest BCUT2D eigenvalue weighted by atomic mass is 19.1. The average molecular weight is 290 g/mol. The Morgan fingerprint density at radius 3 is 2.48 bits per heavy atom. The van der Waals surface area contributed by atoms with Gasteiger partial charge >= 0.3 is 0 Å². The summed E-state index contributed by atoms with van der Waals surface area (Å²) in [5.74, 6) is 1.04. The Morgan fingerprint density at radius 1 is 1.14 bits per heavy atom. The first-order valence-electron chi connectivity index (χ1n) is 6.75. The molecule has 0 saturated carbocycles. The Balaban J connectivity index is 2.20. The number of methoxy groups -OCH3 is 1. The first kappa shape index (κ1) is 15.3. The summed E-state index contributed by atoms with van der Waals surface area (Å²) in [6, 6.07) is 9.87. The molecule has 0 radical (unpaired) electrons. The minimum atomic E-state index is -0.554. The minimum Gasteiger partial charge on any atom is -0.496 e. The van der Waals surface area contributed by atoms with Gasteiger partial charge in [0.1, 0.15) is 23.9 Å². The van der Waals surface area contributed by atoms with Crippen LogP contribution in [0, 0.1) is 12.7 Å². The van der Waals surface area contributed by atoms with Crippen molar-refractivity contribution in [1.82, 2.24) is 0 Å². The fourth-order valence-corrected chi connectivity index (χ4v) is 2.10. The largest absolute Gasteiger partial charge is 0.496 e. The van der Waals surface area contributed by atoms with Crippen molar-refractivity contribution in [3.8, 4) is 11.5 Å². The molecule has 2 aromatic rings. The van der Waals surface area contributed by atoms with Crippen molar-refractivity contribution in [1.29, 1.82) is 0 Å². The highest BCUT2D eigenvalue weighted by Crippen LogP contribution is 2.26. The van der Waals surface area contributed by atoms with Crippen molar-refractivity contribution < 1.29 is 19.0 Å². The normalized spacial score (nSPS) is 12.0. The zero-order valence-corrected chi connectivity index (χ0v) is 12.4. The molecule has 1 unspecified atom stereocenters. The summed E-state index contributed by atoms with van der Waals surface area (Å²) < 4.78 is 24.1. The molecule has 0 fully saturated rings. The number of aryl methyl sites for hydroxylation is 1. The van der Waals surface area contributed by atoms with E-state index in [0.717, 1.165) is 16.7 Å². The van der Waals surface area contributed by atoms with Gasteiger partial charge in [-0.25, -0.2) is 4.39 Å². The molecular formula is C17H19FO3. The number of benzene rings is 2. The van der Waals surface area contributed by atoms with Crippen molar-refractivity contribution in [3.63, 3.8) is 0 Å². The second kappa shape index (κ2) is 6.59. The molecule has 0 aliphatic rings. The maximum absolute atomic E-state index is 13.1. The predicted octanol–water partition coefficient (Wildman–Crippen LogP) is 3.78. The fraction of sp³-hybridized carbons (Fsp3) is 0.294. The third kappa shape index (κ3) is 3.73. The van der Waals surface area contributed by atoms with Crippen LogP contribution >= 0.6 is 0 Å². The first-order valence-corrected chi connectivity index (χ1v) is 6.75. The second-order valence-electron chi connectivity index (χ2n) is 4.95. The van der Waals surface area contributed by atoms with Gasteiger partial charge < -0.3 is 14.6 Å². The molecule has 0 bridgehead atoms. The van der Waals surface area contributed by atoms with Crippen molar-refractivity contribution >= 4 is 0 Å². The topological polar surface area (TPSA) is 38.7 Å². The number of ether oxygens (including phenoxy) is 2. The molecule has 0 saturated heterocycles. The van der Waals surface area contributed by atoms with Gasteiger partial charge in [-0.15, -0.1) is 0 Å². The Hall–Kier alpha value is -2.07. The van der Waals surface area contributed by atoms with E-state index in [9.17, 15) is 9.50 Å². The molecule has 21 heavy (non-hydrogen) atoms. The van der Waals surface area contributed by atoms with Crippen molar-refractivity contribution in [3.05, 3.63) is 58.9 Å². The van der Waals surface area contributed by atoms with E-state index in [0.29, 0.717) is 11.5 Å². The highest BCUT2D eigenvalue weighted by Gasteiger charge is 2.09. The van der Waals surface area contributed by atoms with Crippen LogP contribution in [0.25, 0.3) is 0 Å². The average Bonchev–Trinajstić information content (AvgIpc) is 2.46. The molecule has 1 atom stereocenters. The number of halogens is 1. The number of hydrogen-bond donors (Lipinski definition) is 1. The van der Waals surface area contributed by atoms with Crippen LogP contribution in [-0.2, 0) is 6.61 Å². The van der Waals surface area contributed by atoms with Crippen molar-refractivity contribution in [2.75, 3.05) is 7.11 Å². The molecule has 0 aliphatic carbocycles. The lowest BCUT2D eigenvalue weighted by atomic mass is 10.1. The van der Waals surface area contributed by atoms with Crippen LogP contribution in [-0.4, -0.2) is 12.2 Å². The number of hydrogen-bond acceptors (Lipinski definition) is 3. The van der Waals surface area contributed by atoms with Crippen molar-refractivity contribution in [2.45, 2.75) is 26.6 Å². The smallest absolute Gasteiger partial charge is 0.125 e. The van der Waals surface area contributed by atoms with Gasteiger partial charge in [-0.2, -0.15) is 0 Å². The molecule has 4 heteroatoms. The van der Waals surface area contributed by atoms with Crippen LogP contribution in [0.2, 0.25) is 0 Å². The Bertz CT molecular complexity index is 623. The van der Waals surface area contributed by atoms with Crippen LogP contribution in [0.1, 0.15) is 29.7 Å². The summed E-state index contributed by atoms with van der Waals surface area (Å²) in [7, 11) is 1.59. The summed E-state index contributed by atoms with van der Waals surface area (Å²) >= 11 is 0. The molecule has 0 spiro atoms. The van der Waals surface area contributed by atoms with E-state index in [4.69, 9.17) is 9.47 Å². The monoisotopic (exact) mass is 290 g/mol. The second-order valence-corrected chi connectivity index (χ2v) is 4.95. The van der Waals surface area contributed by atoms with Gasteiger partial charge in [-0.1, -0.05) is 6.07 Å². The molecule has 2 rings (SSSR count). The standard InChI is InChI=1S/C17H19FO3/c1-11-8-15(18)5-7-16(11)21-10-14-9-13(12(2)19)4-6-17(14)20-3/h4-9,12,19H,10H2,1-3H3. The van der Waals surface area contributed by atoms with Crippen LogP contribution in [0.4, 0.5) is 4.39 Å². The summed E-state index contributed by atoms with van der Waals surface area (Å²) in [5.41, 5.74) is 2.37. The van der Waals surface area contributed by atoms with Crippen LogP contribution in [0.3, 0.4) is 0 Å². The van der Waals surface area contributed by atoms with E-state index < -0.39 is 6.10 Å². The molecule has 0 amide bonds. The molecule has 3 nitrogen and oxygen atoms in total. The lowest BCUT2D eigenvalue weighted by molar-refractivity contribution is 0.198. The molecule has 2 aromatic carbocycles. The summed E-state index contributed by atoms with van der Waals surface area (Å²) in [6.07, 6.45) is -0.554. The molecule has 0 aromatic heterocycles. The SMILES string of the molecule is COc1ccc(C(C)O)cc1COc1ccc(F)cc1C. The maximum Gasteiger partial charge on any atom is 0.125 e. The number of aliphatic hydroxyl groups excluding tert-OH is 1. The fourth-order valence-electron chi connectivity index (χ4n) is 2.10. The molecule has 112 valence electrons. The molecular weight excluding hydrogens is 271 g/mol. The zero-order valence-electron chi connectivity index (χ0n) is 12.4. The maximum atomic E-state index is 13.1. The van der Waals surface area contributed by atoms with Gasteiger partial charge in [0.25, 0.3) is 0 Å². The quantitative estimate of drug-likeness (QED) is 0.911. The molecule has 1 N–H and O–H groups in total. The Labute approximate surface area is 124 Å². The van der Waals surface area contributed by atoms with E-state index in [1.165, 1.54) is 12.1 Å². The van der Waals surface area contributed by atoms with Gasteiger partial charge in [0.2, 0.25) is 0 Å². The van der Waals surface area contributed by atoms with Gasteiger partial charge in [-0.05, 0) is 55.3 Å². The third-order valence-corrected chi connectivity index (χ3v) is 3.31. The lowest BCUT2D eigenvalue weighted by Gasteiger charge is -2.14. The highest BCUT2D eigenvalue weighted by molar-refractivity contribution is 5.39. The van der Waals surface area contributed by atoms with Gasteiger partial charge in [-0.3, -0.25) is 0 Å².